The van der Waals surface area contributed by atoms with Crippen molar-refractivity contribution in [1.82, 2.24) is 0 Å². The lowest BCUT2D eigenvalue weighted by Crippen LogP contribution is -2.10. The van der Waals surface area contributed by atoms with Crippen LogP contribution in [-0.4, -0.2) is 31.4 Å². The number of nitrogens with zero attached hydrogens (tertiary/aromatic N) is 1. The fourth-order valence-corrected chi connectivity index (χ4v) is 1.35. The number of nitro benzene ring substituents is 1. The summed E-state index contributed by atoms with van der Waals surface area (Å²) in [6.45, 7) is 0. The van der Waals surface area contributed by atoms with E-state index < -0.39 is 16.6 Å². The van der Waals surface area contributed by atoms with Gasteiger partial charge in [-0.1, -0.05) is 0 Å². The lowest BCUT2D eigenvalue weighted by Gasteiger charge is -2.08. The van der Waals surface area contributed by atoms with Gasteiger partial charge in [0, 0.05) is 6.07 Å². The van der Waals surface area contributed by atoms with Crippen molar-refractivity contribution >= 4 is 17.9 Å². The molecule has 7 nitrogen and oxygen atoms in total. The molecule has 0 heterocycles. The third-order valence-corrected chi connectivity index (χ3v) is 2.11. The molecule has 0 saturated heterocycles. The maximum atomic E-state index is 11.5. The molecule has 1 rings (SSSR count). The first kappa shape index (κ1) is 12.6. The summed E-state index contributed by atoms with van der Waals surface area (Å²) in [5, 5.41) is 10.7. The molecule has 0 saturated carbocycles. The number of carbonyl (C=O) groups excluding carboxylic acids is 2. The van der Waals surface area contributed by atoms with Crippen molar-refractivity contribution in [2.45, 2.75) is 0 Å². The van der Waals surface area contributed by atoms with E-state index in [1.54, 1.807) is 0 Å². The number of benzene rings is 1. The molecule has 0 radical (unpaired) electrons. The van der Waals surface area contributed by atoms with E-state index in [1.165, 1.54) is 13.2 Å². The number of rotatable bonds is 4. The van der Waals surface area contributed by atoms with E-state index in [0.29, 0.717) is 0 Å². The Morgan fingerprint density at radius 3 is 2.47 bits per heavy atom. The molecule has 90 valence electrons. The molecule has 0 aliphatic heterocycles. The summed E-state index contributed by atoms with van der Waals surface area (Å²) in [5.74, 6) is -0.822. The minimum absolute atomic E-state index is 0.0459. The highest BCUT2D eigenvalue weighted by Crippen LogP contribution is 2.29. The fourth-order valence-electron chi connectivity index (χ4n) is 1.35. The summed E-state index contributed by atoms with van der Waals surface area (Å²) in [6, 6.07) is 2.33. The zero-order chi connectivity index (χ0) is 13.0. The number of esters is 1. The van der Waals surface area contributed by atoms with Crippen LogP contribution < -0.4 is 4.74 Å². The molecule has 0 N–H and O–H groups in total. The predicted molar refractivity (Wildman–Crippen MR) is 56.4 cm³/mol. The van der Waals surface area contributed by atoms with Crippen LogP contribution in [0.25, 0.3) is 0 Å². The second-order valence-corrected chi connectivity index (χ2v) is 2.94. The van der Waals surface area contributed by atoms with Crippen molar-refractivity contribution in [2.24, 2.45) is 0 Å². The molecule has 0 amide bonds. The molecule has 17 heavy (non-hydrogen) atoms. The van der Waals surface area contributed by atoms with E-state index in [4.69, 9.17) is 4.74 Å². The van der Waals surface area contributed by atoms with Crippen LogP contribution in [0.5, 0.6) is 5.75 Å². The second-order valence-electron chi connectivity index (χ2n) is 2.94. The Bertz CT molecular complexity index is 482. The molecule has 7 heteroatoms. The molecular weight excluding hydrogens is 230 g/mol. The van der Waals surface area contributed by atoms with Gasteiger partial charge in [0.2, 0.25) is 0 Å². The van der Waals surface area contributed by atoms with Gasteiger partial charge in [0.15, 0.2) is 6.29 Å². The molecule has 0 fully saturated rings. The first-order chi connectivity index (χ1) is 8.06. The molecule has 0 bridgehead atoms. The Balaban J connectivity index is 3.60. The van der Waals surface area contributed by atoms with E-state index in [1.807, 2.05) is 0 Å². The molecule has 0 unspecified atom stereocenters. The number of carbonyl (C=O) groups is 2. The van der Waals surface area contributed by atoms with Gasteiger partial charge in [-0.25, -0.2) is 4.79 Å². The van der Waals surface area contributed by atoms with Crippen molar-refractivity contribution in [1.29, 1.82) is 0 Å². The van der Waals surface area contributed by atoms with Crippen molar-refractivity contribution in [3.8, 4) is 5.75 Å². The molecule has 0 spiro atoms. The highest BCUT2D eigenvalue weighted by atomic mass is 16.6. The van der Waals surface area contributed by atoms with Crippen LogP contribution in [0.3, 0.4) is 0 Å². The number of methoxy groups -OCH3 is 2. The van der Waals surface area contributed by atoms with Gasteiger partial charge >= 0.3 is 5.97 Å². The number of hydrogen-bond acceptors (Lipinski definition) is 6. The highest BCUT2D eigenvalue weighted by Gasteiger charge is 2.26. The number of nitro groups is 1. The van der Waals surface area contributed by atoms with Crippen LogP contribution in [0.1, 0.15) is 20.7 Å². The maximum absolute atomic E-state index is 11.5. The smallest absolute Gasteiger partial charge is 0.342 e. The topological polar surface area (TPSA) is 95.7 Å². The Labute approximate surface area is 96.1 Å². The molecule has 0 aromatic heterocycles. The van der Waals surface area contributed by atoms with Crippen LogP contribution in [0.15, 0.2) is 12.1 Å². The minimum atomic E-state index is -0.868. The average Bonchev–Trinajstić information content (AvgIpc) is 2.35. The molecule has 0 aliphatic rings. The van der Waals surface area contributed by atoms with Crippen molar-refractivity contribution in [3.05, 3.63) is 33.4 Å². The summed E-state index contributed by atoms with van der Waals surface area (Å²) in [4.78, 5) is 32.3. The van der Waals surface area contributed by atoms with Crippen LogP contribution in [0, 0.1) is 10.1 Å². The van der Waals surface area contributed by atoms with E-state index in [2.05, 4.69) is 4.74 Å². The van der Waals surface area contributed by atoms with Crippen molar-refractivity contribution < 1.29 is 24.0 Å². The Morgan fingerprint density at radius 1 is 1.41 bits per heavy atom. The highest BCUT2D eigenvalue weighted by molar-refractivity contribution is 6.03. The zero-order valence-corrected chi connectivity index (χ0v) is 9.13. The Kier molecular flexibility index (Phi) is 3.76. The Hall–Kier alpha value is -2.44. The fraction of sp³-hybridized carbons (Fsp3) is 0.200. The molecule has 1 aromatic carbocycles. The maximum Gasteiger partial charge on any atom is 0.342 e. The van der Waals surface area contributed by atoms with E-state index in [0.717, 1.165) is 13.2 Å². The van der Waals surface area contributed by atoms with Crippen molar-refractivity contribution in [3.63, 3.8) is 0 Å². The summed E-state index contributed by atoms with van der Waals surface area (Å²) < 4.78 is 9.32. The molecule has 1 aromatic rings. The number of aldehydes is 1. The van der Waals surface area contributed by atoms with E-state index >= 15 is 0 Å². The number of hydrogen-bond donors (Lipinski definition) is 0. The third-order valence-electron chi connectivity index (χ3n) is 2.11. The van der Waals surface area contributed by atoms with Crippen molar-refractivity contribution in [2.75, 3.05) is 14.2 Å². The zero-order valence-electron chi connectivity index (χ0n) is 9.13. The predicted octanol–water partition coefficient (Wildman–Crippen LogP) is 1.20. The van der Waals surface area contributed by atoms with Gasteiger partial charge in [-0.05, 0) is 6.07 Å². The normalized spacial score (nSPS) is 9.53. The van der Waals surface area contributed by atoms with Crippen LogP contribution in [0.2, 0.25) is 0 Å². The number of ether oxygens (including phenoxy) is 2. The molecule has 0 aliphatic carbocycles. The molecular formula is C10H9NO6. The Morgan fingerprint density at radius 2 is 2.06 bits per heavy atom. The lowest BCUT2D eigenvalue weighted by molar-refractivity contribution is -0.385. The van der Waals surface area contributed by atoms with Gasteiger partial charge in [-0.2, -0.15) is 0 Å². The van der Waals surface area contributed by atoms with Gasteiger partial charge in [0.05, 0.1) is 19.1 Å². The van der Waals surface area contributed by atoms with Crippen LogP contribution in [0.4, 0.5) is 5.69 Å². The molecule has 0 atom stereocenters. The monoisotopic (exact) mass is 239 g/mol. The first-order valence-corrected chi connectivity index (χ1v) is 4.45. The lowest BCUT2D eigenvalue weighted by atomic mass is 10.1. The van der Waals surface area contributed by atoms with Gasteiger partial charge in [0.25, 0.3) is 5.69 Å². The van der Waals surface area contributed by atoms with Gasteiger partial charge in [0.1, 0.15) is 16.9 Å². The average molecular weight is 239 g/mol. The van der Waals surface area contributed by atoms with Gasteiger partial charge < -0.3 is 9.47 Å². The van der Waals surface area contributed by atoms with Crippen LogP contribution in [-0.2, 0) is 4.74 Å². The summed E-state index contributed by atoms with van der Waals surface area (Å²) in [5.41, 5.74) is -1.08. The summed E-state index contributed by atoms with van der Waals surface area (Å²) in [7, 11) is 2.39. The quantitative estimate of drug-likeness (QED) is 0.339. The standard InChI is InChI=1S/C10H9NO6/c1-16-8-4-3-7(11(14)15)6(5-12)9(8)10(13)17-2/h3-5H,1-2H3. The summed E-state index contributed by atoms with van der Waals surface area (Å²) in [6.07, 6.45) is 0.229. The minimum Gasteiger partial charge on any atom is -0.496 e. The first-order valence-electron chi connectivity index (χ1n) is 4.45. The summed E-state index contributed by atoms with van der Waals surface area (Å²) >= 11 is 0. The SMILES string of the molecule is COC(=O)c1c(OC)ccc([N+](=O)[O-])c1C=O. The third kappa shape index (κ3) is 2.22. The van der Waals surface area contributed by atoms with Gasteiger partial charge in [-0.3, -0.25) is 14.9 Å². The van der Waals surface area contributed by atoms with Gasteiger partial charge in [-0.15, -0.1) is 0 Å². The second kappa shape index (κ2) is 5.06. The largest absolute Gasteiger partial charge is 0.496 e. The van der Waals surface area contributed by atoms with Crippen LogP contribution >= 0.6 is 0 Å². The van der Waals surface area contributed by atoms with E-state index in [9.17, 15) is 19.7 Å². The van der Waals surface area contributed by atoms with E-state index in [-0.39, 0.29) is 23.2 Å².